The Morgan fingerprint density at radius 2 is 1.68 bits per heavy atom. The third-order valence-corrected chi connectivity index (χ3v) is 5.16. The molecule has 4 nitrogen and oxygen atoms in total. The van der Waals surface area contributed by atoms with Crippen molar-refractivity contribution < 1.29 is 9.47 Å². The molecule has 1 unspecified atom stereocenters. The number of benzene rings is 1. The fourth-order valence-electron chi connectivity index (χ4n) is 2.76. The molecule has 0 fully saturated rings. The lowest BCUT2D eigenvalue weighted by atomic mass is 10.2. The highest BCUT2D eigenvalue weighted by molar-refractivity contribution is 6.20. The van der Waals surface area contributed by atoms with Gasteiger partial charge in [-0.2, -0.15) is 0 Å². The zero-order chi connectivity index (χ0) is 20.0. The van der Waals surface area contributed by atoms with Crippen molar-refractivity contribution in [2.24, 2.45) is 0 Å². The number of rotatable bonds is 14. The first kappa shape index (κ1) is 22.6. The third-order valence-electron chi connectivity index (χ3n) is 4.64. The van der Waals surface area contributed by atoms with Gasteiger partial charge in [0, 0.05) is 29.9 Å². The van der Waals surface area contributed by atoms with Crippen LogP contribution in [0.2, 0.25) is 0 Å². The zero-order valence-corrected chi connectivity index (χ0v) is 18.0. The van der Waals surface area contributed by atoms with Gasteiger partial charge in [-0.3, -0.25) is 0 Å². The van der Waals surface area contributed by atoms with Gasteiger partial charge in [0.15, 0.2) is 5.82 Å². The van der Waals surface area contributed by atoms with Crippen LogP contribution in [0.3, 0.4) is 0 Å². The monoisotopic (exact) mass is 404 g/mol. The molecule has 0 saturated heterocycles. The predicted molar refractivity (Wildman–Crippen MR) is 116 cm³/mol. The molecule has 1 heterocycles. The van der Waals surface area contributed by atoms with Crippen molar-refractivity contribution >= 4 is 11.6 Å². The van der Waals surface area contributed by atoms with Gasteiger partial charge in [0.05, 0.1) is 13.2 Å². The van der Waals surface area contributed by atoms with Crippen LogP contribution >= 0.6 is 11.6 Å². The van der Waals surface area contributed by atoms with Gasteiger partial charge in [0.25, 0.3) is 0 Å². The minimum absolute atomic E-state index is 0.178. The summed E-state index contributed by atoms with van der Waals surface area (Å²) in [6.07, 6.45) is 11.4. The Kier molecular flexibility index (Phi) is 10.9. The van der Waals surface area contributed by atoms with E-state index in [1.165, 1.54) is 19.3 Å². The Morgan fingerprint density at radius 1 is 0.929 bits per heavy atom. The van der Waals surface area contributed by atoms with Crippen molar-refractivity contribution in [3.63, 3.8) is 0 Å². The number of unbranched alkanes of at least 4 members (excludes halogenated alkanes) is 3. The van der Waals surface area contributed by atoms with Crippen molar-refractivity contribution in [3.8, 4) is 17.1 Å². The van der Waals surface area contributed by atoms with E-state index in [2.05, 4.69) is 23.8 Å². The van der Waals surface area contributed by atoms with Gasteiger partial charge < -0.3 is 9.47 Å². The van der Waals surface area contributed by atoms with Crippen LogP contribution in [0.4, 0.5) is 0 Å². The maximum absolute atomic E-state index is 6.11. The fraction of sp³-hybridized carbons (Fsp3) is 0.565. The lowest BCUT2D eigenvalue weighted by Gasteiger charge is -2.09. The van der Waals surface area contributed by atoms with E-state index in [0.29, 0.717) is 6.61 Å². The van der Waals surface area contributed by atoms with Gasteiger partial charge in [-0.1, -0.05) is 33.1 Å². The number of hydrogen-bond acceptors (Lipinski definition) is 4. The minimum atomic E-state index is 0.178. The quantitative estimate of drug-likeness (QED) is 0.283. The van der Waals surface area contributed by atoms with E-state index in [1.54, 1.807) is 0 Å². The molecule has 0 aliphatic rings. The summed E-state index contributed by atoms with van der Waals surface area (Å²) in [6, 6.07) is 7.88. The highest BCUT2D eigenvalue weighted by atomic mass is 35.5. The lowest BCUT2D eigenvalue weighted by molar-refractivity contribution is 0.133. The van der Waals surface area contributed by atoms with Gasteiger partial charge >= 0.3 is 0 Å². The standard InChI is InChI=1S/C23H33ClN2O2/c1-3-5-6-7-14-27-15-12-19-17-25-23(26-18-19)20-8-10-22(11-9-20)28-16-13-21(24)4-2/h8-11,17-18,21H,3-7,12-16H2,1-2H3. The molecule has 0 bridgehead atoms. The van der Waals surface area contributed by atoms with E-state index in [-0.39, 0.29) is 5.38 Å². The zero-order valence-electron chi connectivity index (χ0n) is 17.2. The Labute approximate surface area is 174 Å². The van der Waals surface area contributed by atoms with Crippen molar-refractivity contribution in [3.05, 3.63) is 42.2 Å². The van der Waals surface area contributed by atoms with E-state index in [1.807, 2.05) is 36.7 Å². The van der Waals surface area contributed by atoms with Crippen molar-refractivity contribution in [2.45, 2.75) is 64.2 Å². The number of nitrogens with zero attached hydrogens (tertiary/aromatic N) is 2. The van der Waals surface area contributed by atoms with Crippen LogP contribution in [0.25, 0.3) is 11.4 Å². The summed E-state index contributed by atoms with van der Waals surface area (Å²) >= 11 is 6.11. The molecular weight excluding hydrogens is 372 g/mol. The number of alkyl halides is 1. The molecule has 5 heteroatoms. The first-order valence-electron chi connectivity index (χ1n) is 10.5. The summed E-state index contributed by atoms with van der Waals surface area (Å²) < 4.78 is 11.4. The Morgan fingerprint density at radius 3 is 2.36 bits per heavy atom. The molecule has 28 heavy (non-hydrogen) atoms. The predicted octanol–water partition coefficient (Wildman–Crippen LogP) is 6.07. The molecule has 0 spiro atoms. The van der Waals surface area contributed by atoms with Gasteiger partial charge in [-0.25, -0.2) is 9.97 Å². The third kappa shape index (κ3) is 8.57. The van der Waals surface area contributed by atoms with Gasteiger partial charge in [0.2, 0.25) is 0 Å². The summed E-state index contributed by atoms with van der Waals surface area (Å²) in [6.45, 7) is 6.50. The number of ether oxygens (including phenoxy) is 2. The average molecular weight is 405 g/mol. The van der Waals surface area contributed by atoms with Gasteiger partial charge in [-0.15, -0.1) is 11.6 Å². The fourth-order valence-corrected chi connectivity index (χ4v) is 2.85. The topological polar surface area (TPSA) is 44.2 Å². The Balaban J connectivity index is 1.73. The molecule has 0 radical (unpaired) electrons. The number of hydrogen-bond donors (Lipinski definition) is 0. The Hall–Kier alpha value is -1.65. The Bertz CT molecular complexity index is 647. The molecule has 0 N–H and O–H groups in total. The molecule has 0 amide bonds. The smallest absolute Gasteiger partial charge is 0.159 e. The van der Waals surface area contributed by atoms with Crippen LogP contribution in [0.15, 0.2) is 36.7 Å². The maximum Gasteiger partial charge on any atom is 0.159 e. The van der Waals surface area contributed by atoms with Gasteiger partial charge in [-0.05, 0) is 55.5 Å². The van der Waals surface area contributed by atoms with E-state index < -0.39 is 0 Å². The molecule has 2 rings (SSSR count). The molecule has 1 atom stereocenters. The molecule has 154 valence electrons. The normalized spacial score (nSPS) is 12.1. The number of halogens is 1. The average Bonchev–Trinajstić information content (AvgIpc) is 2.74. The highest BCUT2D eigenvalue weighted by Crippen LogP contribution is 2.20. The van der Waals surface area contributed by atoms with Crippen LogP contribution in [-0.2, 0) is 11.2 Å². The van der Waals surface area contributed by atoms with E-state index >= 15 is 0 Å². The van der Waals surface area contributed by atoms with Crippen molar-refractivity contribution in [2.75, 3.05) is 19.8 Å². The van der Waals surface area contributed by atoms with Crippen LogP contribution in [0.1, 0.15) is 57.9 Å². The number of aromatic nitrogens is 2. The molecule has 2 aromatic rings. The first-order valence-corrected chi connectivity index (χ1v) is 10.9. The molecule has 1 aromatic carbocycles. The highest BCUT2D eigenvalue weighted by Gasteiger charge is 2.04. The maximum atomic E-state index is 6.11. The molecule has 0 aliphatic carbocycles. The first-order chi connectivity index (χ1) is 13.7. The molecule has 1 aromatic heterocycles. The van der Waals surface area contributed by atoms with Crippen LogP contribution < -0.4 is 4.74 Å². The summed E-state index contributed by atoms with van der Waals surface area (Å²) in [4.78, 5) is 8.98. The summed E-state index contributed by atoms with van der Waals surface area (Å²) in [5, 5.41) is 0.178. The van der Waals surface area contributed by atoms with Crippen molar-refractivity contribution in [1.29, 1.82) is 0 Å². The lowest BCUT2D eigenvalue weighted by Crippen LogP contribution is -2.05. The van der Waals surface area contributed by atoms with E-state index in [9.17, 15) is 0 Å². The van der Waals surface area contributed by atoms with Crippen molar-refractivity contribution in [1.82, 2.24) is 9.97 Å². The summed E-state index contributed by atoms with van der Waals surface area (Å²) in [7, 11) is 0. The second-order valence-electron chi connectivity index (χ2n) is 7.00. The van der Waals surface area contributed by atoms with E-state index in [4.69, 9.17) is 21.1 Å². The molecule has 0 aliphatic heterocycles. The summed E-state index contributed by atoms with van der Waals surface area (Å²) in [5.74, 6) is 1.57. The van der Waals surface area contributed by atoms with E-state index in [0.717, 1.165) is 61.6 Å². The molecular formula is C23H33ClN2O2. The van der Waals surface area contributed by atoms with Crippen LogP contribution in [0, 0.1) is 0 Å². The molecule has 0 saturated carbocycles. The SMILES string of the molecule is CCCCCCOCCc1cnc(-c2ccc(OCCC(Cl)CC)cc2)nc1. The van der Waals surface area contributed by atoms with Crippen LogP contribution in [0.5, 0.6) is 5.75 Å². The van der Waals surface area contributed by atoms with Gasteiger partial charge in [0.1, 0.15) is 5.75 Å². The van der Waals surface area contributed by atoms with Crippen LogP contribution in [-0.4, -0.2) is 35.2 Å². The largest absolute Gasteiger partial charge is 0.494 e. The summed E-state index contributed by atoms with van der Waals surface area (Å²) in [5.41, 5.74) is 2.08. The second-order valence-corrected chi connectivity index (χ2v) is 7.62. The second kappa shape index (κ2) is 13.5. The minimum Gasteiger partial charge on any atom is -0.494 e.